The number of aromatic nitrogens is 6. The zero-order valence-electron chi connectivity index (χ0n) is 19.6. The van der Waals surface area contributed by atoms with Crippen molar-refractivity contribution in [2.75, 3.05) is 24.6 Å². The molecule has 1 aliphatic heterocycles. The molecule has 2 fully saturated rings. The third-order valence-corrected chi connectivity index (χ3v) is 6.56. The lowest BCUT2D eigenvalue weighted by Gasteiger charge is -2.31. The van der Waals surface area contributed by atoms with Crippen molar-refractivity contribution >= 4 is 22.9 Å². The number of ether oxygens (including phenoxy) is 1. The van der Waals surface area contributed by atoms with Crippen molar-refractivity contribution in [2.24, 2.45) is 5.92 Å². The van der Waals surface area contributed by atoms with Gasteiger partial charge in [0.2, 0.25) is 11.8 Å². The Morgan fingerprint density at radius 1 is 1.27 bits per heavy atom. The van der Waals surface area contributed by atoms with E-state index in [1.54, 1.807) is 16.4 Å². The van der Waals surface area contributed by atoms with Gasteiger partial charge in [-0.3, -0.25) is 9.89 Å². The molecule has 1 saturated heterocycles. The summed E-state index contributed by atoms with van der Waals surface area (Å²) in [6, 6.07) is 1.21. The van der Waals surface area contributed by atoms with Gasteiger partial charge in [0, 0.05) is 42.7 Å². The molecule has 10 nitrogen and oxygen atoms in total. The molecule has 37 heavy (non-hydrogen) atoms. The van der Waals surface area contributed by atoms with Crippen LogP contribution in [0.5, 0.6) is 6.01 Å². The first-order valence-electron chi connectivity index (χ1n) is 11.7. The lowest BCUT2D eigenvalue weighted by molar-refractivity contribution is -0.149. The van der Waals surface area contributed by atoms with Gasteiger partial charge in [-0.1, -0.05) is 0 Å². The number of anilines is 1. The average Bonchev–Trinajstić information content (AvgIpc) is 3.27. The van der Waals surface area contributed by atoms with E-state index in [2.05, 4.69) is 30.1 Å². The largest absolute Gasteiger partial charge is 0.463 e. The molecule has 0 unspecified atom stereocenters. The summed E-state index contributed by atoms with van der Waals surface area (Å²) >= 11 is 0. The summed E-state index contributed by atoms with van der Waals surface area (Å²) in [5.74, 6) is -5.47. The van der Waals surface area contributed by atoms with Crippen molar-refractivity contribution < 1.29 is 31.5 Å². The Balaban J connectivity index is 1.33. The molecule has 0 spiro atoms. The second-order valence-corrected chi connectivity index (χ2v) is 9.22. The molecule has 4 heterocycles. The first-order chi connectivity index (χ1) is 17.5. The number of fused-ring (bicyclic) bond motifs is 1. The van der Waals surface area contributed by atoms with E-state index in [-0.39, 0.29) is 24.9 Å². The molecule has 3 aromatic heterocycles. The molecule has 198 valence electrons. The van der Waals surface area contributed by atoms with Crippen LogP contribution >= 0.6 is 0 Å². The van der Waals surface area contributed by atoms with Gasteiger partial charge in [0.1, 0.15) is 12.6 Å². The maximum absolute atomic E-state index is 13.3. The normalized spacial score (nSPS) is 20.6. The number of hydrogen-bond acceptors (Lipinski definition) is 8. The monoisotopic (exact) mass is 526 g/mol. The molecule has 1 aliphatic carbocycles. The van der Waals surface area contributed by atoms with E-state index in [9.17, 15) is 26.7 Å². The predicted molar refractivity (Wildman–Crippen MR) is 119 cm³/mol. The van der Waals surface area contributed by atoms with Gasteiger partial charge >= 0.3 is 12.2 Å². The number of carbonyl (C=O) groups excluding carboxylic acids is 1. The van der Waals surface area contributed by atoms with Gasteiger partial charge in [-0.05, 0) is 31.9 Å². The van der Waals surface area contributed by atoms with Crippen molar-refractivity contribution in [1.82, 2.24) is 35.5 Å². The summed E-state index contributed by atoms with van der Waals surface area (Å²) in [4.78, 5) is 30.5. The fourth-order valence-electron chi connectivity index (χ4n) is 4.17. The molecule has 15 heteroatoms. The maximum Gasteiger partial charge on any atom is 0.408 e. The molecule has 2 N–H and O–H groups in total. The van der Waals surface area contributed by atoms with Gasteiger partial charge in [-0.15, -0.1) is 0 Å². The van der Waals surface area contributed by atoms with E-state index >= 15 is 0 Å². The van der Waals surface area contributed by atoms with E-state index < -0.39 is 41.8 Å². The zero-order chi connectivity index (χ0) is 26.4. The first kappa shape index (κ1) is 25.0. The van der Waals surface area contributed by atoms with Crippen LogP contribution in [-0.2, 0) is 0 Å². The number of hydrogen-bond donors (Lipinski definition) is 2. The third kappa shape index (κ3) is 5.39. The SMILES string of the molecule is C[C@H](NC(=O)c1nc(OC[C@H]2CC2(F)F)nc(N2CCC(c3[nH]nc4ncccc34)CC2)n1)C(F)(F)F. The summed E-state index contributed by atoms with van der Waals surface area (Å²) in [5.41, 5.74) is 1.57. The molecule has 3 aromatic rings. The first-order valence-corrected chi connectivity index (χ1v) is 11.7. The number of piperidine rings is 1. The van der Waals surface area contributed by atoms with Crippen LogP contribution in [-0.4, -0.2) is 73.9 Å². The number of halogens is 5. The molecule has 0 radical (unpaired) electrons. The molecule has 1 saturated carbocycles. The number of nitrogens with one attached hydrogen (secondary N) is 2. The van der Waals surface area contributed by atoms with Crippen LogP contribution in [0.3, 0.4) is 0 Å². The molecule has 2 atom stereocenters. The lowest BCUT2D eigenvalue weighted by Crippen LogP contribution is -2.44. The maximum atomic E-state index is 13.3. The highest BCUT2D eigenvalue weighted by Gasteiger charge is 2.57. The Morgan fingerprint density at radius 2 is 2.00 bits per heavy atom. The average molecular weight is 526 g/mol. The standard InChI is InChI=1S/C22H23F5N8O2/c1-11(22(25,26)27)29-18(36)17-30-19(32-20(31-17)37-10-13-9-21(13,23)24)35-7-4-12(5-8-35)15-14-3-2-6-28-16(14)34-33-15/h2-3,6,11-13H,4-5,7-10H2,1H3,(H,29,36)(H,28,33,34)/t11-,13+/m0/s1. The Kier molecular flexibility index (Phi) is 6.31. The molecule has 1 amide bonds. The third-order valence-electron chi connectivity index (χ3n) is 6.56. The predicted octanol–water partition coefficient (Wildman–Crippen LogP) is 3.24. The van der Waals surface area contributed by atoms with Crippen molar-refractivity contribution in [3.63, 3.8) is 0 Å². The summed E-state index contributed by atoms with van der Waals surface area (Å²) in [7, 11) is 0. The van der Waals surface area contributed by atoms with E-state index in [0.717, 1.165) is 18.0 Å². The van der Waals surface area contributed by atoms with Crippen LogP contribution in [0.1, 0.15) is 48.4 Å². The van der Waals surface area contributed by atoms with E-state index in [0.29, 0.717) is 31.6 Å². The van der Waals surface area contributed by atoms with Crippen LogP contribution < -0.4 is 15.0 Å². The highest BCUT2D eigenvalue weighted by Crippen LogP contribution is 2.48. The summed E-state index contributed by atoms with van der Waals surface area (Å²) in [6.07, 6.45) is -2.03. The van der Waals surface area contributed by atoms with Crippen molar-refractivity contribution in [1.29, 1.82) is 0 Å². The Hall–Kier alpha value is -3.65. The summed E-state index contributed by atoms with van der Waals surface area (Å²) < 4.78 is 70.6. The second-order valence-electron chi connectivity index (χ2n) is 9.22. The zero-order valence-corrected chi connectivity index (χ0v) is 19.6. The highest BCUT2D eigenvalue weighted by molar-refractivity contribution is 5.91. The minimum atomic E-state index is -4.67. The highest BCUT2D eigenvalue weighted by atomic mass is 19.4. The summed E-state index contributed by atoms with van der Waals surface area (Å²) in [5, 5.41) is 9.99. The quantitative estimate of drug-likeness (QED) is 0.450. The fourth-order valence-corrected chi connectivity index (χ4v) is 4.17. The van der Waals surface area contributed by atoms with E-state index in [1.807, 2.05) is 12.1 Å². The number of H-pyrrole nitrogens is 1. The summed E-state index contributed by atoms with van der Waals surface area (Å²) in [6.45, 7) is 1.30. The number of nitrogens with zero attached hydrogens (tertiary/aromatic N) is 6. The van der Waals surface area contributed by atoms with Gasteiger partial charge in [0.05, 0.1) is 5.92 Å². The van der Waals surface area contributed by atoms with Gasteiger partial charge in [-0.2, -0.15) is 33.2 Å². The molecule has 0 bridgehead atoms. The minimum absolute atomic E-state index is 0.0203. The van der Waals surface area contributed by atoms with Crippen LogP contribution in [0.15, 0.2) is 18.3 Å². The molecular formula is C22H23F5N8O2. The van der Waals surface area contributed by atoms with Crippen LogP contribution in [0.2, 0.25) is 0 Å². The molecule has 0 aromatic carbocycles. The van der Waals surface area contributed by atoms with E-state index in [4.69, 9.17) is 4.74 Å². The number of alkyl halides is 5. The Morgan fingerprint density at radius 3 is 2.68 bits per heavy atom. The molecule has 2 aliphatic rings. The van der Waals surface area contributed by atoms with Crippen LogP contribution in [0.4, 0.5) is 27.9 Å². The van der Waals surface area contributed by atoms with Gasteiger partial charge in [0.25, 0.3) is 11.8 Å². The molecule has 5 rings (SSSR count). The Bertz CT molecular complexity index is 1290. The van der Waals surface area contributed by atoms with Crippen molar-refractivity contribution in [3.05, 3.63) is 29.8 Å². The van der Waals surface area contributed by atoms with Crippen LogP contribution in [0, 0.1) is 5.92 Å². The second kappa shape index (κ2) is 9.34. The van der Waals surface area contributed by atoms with Crippen LogP contribution in [0.25, 0.3) is 11.0 Å². The topological polar surface area (TPSA) is 122 Å². The van der Waals surface area contributed by atoms with E-state index in [1.165, 1.54) is 0 Å². The Labute approximate surface area is 207 Å². The fraction of sp³-hybridized carbons (Fsp3) is 0.545. The van der Waals surface area contributed by atoms with Gasteiger partial charge < -0.3 is 15.0 Å². The number of rotatable bonds is 7. The smallest absolute Gasteiger partial charge is 0.408 e. The lowest BCUT2D eigenvalue weighted by atomic mass is 9.92. The van der Waals surface area contributed by atoms with Gasteiger partial charge in [0.15, 0.2) is 5.65 Å². The molecular weight excluding hydrogens is 503 g/mol. The minimum Gasteiger partial charge on any atom is -0.463 e. The van der Waals surface area contributed by atoms with Crippen molar-refractivity contribution in [2.45, 2.75) is 50.2 Å². The number of carbonyl (C=O) groups is 1. The number of pyridine rings is 1. The number of aromatic amines is 1. The van der Waals surface area contributed by atoms with Gasteiger partial charge in [-0.25, -0.2) is 13.8 Å². The van der Waals surface area contributed by atoms with Crippen molar-refractivity contribution in [3.8, 4) is 6.01 Å². The number of amides is 1.